The maximum absolute atomic E-state index is 14.4. The number of halogens is 2. The molecule has 0 aromatic carbocycles. The van der Waals surface area contributed by atoms with E-state index in [1.165, 1.54) is 6.92 Å². The largest absolute Gasteiger partial charge is 0.490 e. The van der Waals surface area contributed by atoms with Crippen molar-refractivity contribution in [3.8, 4) is 0 Å². The van der Waals surface area contributed by atoms with Crippen molar-refractivity contribution in [2.75, 3.05) is 12.3 Å². The van der Waals surface area contributed by atoms with Crippen molar-refractivity contribution >= 4 is 51.9 Å². The number of hydrogen-bond donors (Lipinski definition) is 6. The first kappa shape index (κ1) is 26.6. The third-order valence-electron chi connectivity index (χ3n) is 4.38. The molecule has 0 bridgehead atoms. The Kier molecular flexibility index (Phi) is 7.15. The Bertz CT molecular complexity index is 1210. The van der Waals surface area contributed by atoms with E-state index in [0.29, 0.717) is 0 Å². The summed E-state index contributed by atoms with van der Waals surface area (Å²) in [5, 5.41) is 10.4. The van der Waals surface area contributed by atoms with Gasteiger partial charge in [0, 0.05) is 6.20 Å². The molecule has 21 heteroatoms. The highest BCUT2D eigenvalue weighted by molar-refractivity contribution is 7.66. The number of rotatable bonds is 8. The van der Waals surface area contributed by atoms with Crippen LogP contribution in [0.1, 0.15) is 13.2 Å². The Morgan fingerprint density at radius 2 is 1.88 bits per heavy atom. The van der Waals surface area contributed by atoms with Crippen molar-refractivity contribution in [1.82, 2.24) is 14.5 Å². The monoisotopic (exact) mass is 556 g/mol. The molecule has 186 valence electrons. The number of aliphatic hydroxyl groups excluding tert-OH is 1. The van der Waals surface area contributed by atoms with Crippen molar-refractivity contribution in [3.63, 3.8) is 0 Å². The lowest BCUT2D eigenvalue weighted by atomic mass is 10.0. The van der Waals surface area contributed by atoms with Crippen LogP contribution in [0.15, 0.2) is 12.5 Å². The van der Waals surface area contributed by atoms with Gasteiger partial charge in [-0.15, -0.1) is 11.6 Å². The zero-order valence-electron chi connectivity index (χ0n) is 16.2. The minimum Gasteiger partial charge on any atom is -0.388 e. The van der Waals surface area contributed by atoms with Crippen molar-refractivity contribution in [3.05, 3.63) is 18.3 Å². The number of phosphoric acid groups is 3. The molecule has 0 spiro atoms. The molecule has 1 fully saturated rings. The van der Waals surface area contributed by atoms with Crippen molar-refractivity contribution < 1.29 is 60.6 Å². The number of fused-ring (bicyclic) bond motifs is 1. The van der Waals surface area contributed by atoms with Crippen LogP contribution in [-0.4, -0.2) is 62.9 Å². The van der Waals surface area contributed by atoms with Gasteiger partial charge in [-0.25, -0.2) is 28.1 Å². The topological polar surface area (TPSA) is 246 Å². The fraction of sp³-hybridized carbons (Fsp3) is 0.500. The fourth-order valence-corrected chi connectivity index (χ4v) is 6.39. The minimum absolute atomic E-state index is 0.0300. The zero-order chi connectivity index (χ0) is 25.0. The fourth-order valence-electron chi connectivity index (χ4n) is 3.06. The van der Waals surface area contributed by atoms with E-state index >= 15 is 0 Å². The van der Waals surface area contributed by atoms with Gasteiger partial charge in [-0.05, 0) is 6.92 Å². The van der Waals surface area contributed by atoms with E-state index in [4.69, 9.17) is 31.9 Å². The van der Waals surface area contributed by atoms with E-state index in [1.807, 2.05) is 0 Å². The Balaban J connectivity index is 1.78. The van der Waals surface area contributed by atoms with Gasteiger partial charge in [0.1, 0.15) is 29.2 Å². The van der Waals surface area contributed by atoms with Gasteiger partial charge in [-0.3, -0.25) is 4.52 Å². The molecule has 1 aliphatic heterocycles. The predicted molar refractivity (Wildman–Crippen MR) is 106 cm³/mol. The van der Waals surface area contributed by atoms with Gasteiger partial charge < -0.3 is 39.7 Å². The number of anilines is 1. The van der Waals surface area contributed by atoms with E-state index in [9.17, 15) is 33.0 Å². The second-order valence-corrected chi connectivity index (χ2v) is 12.1. The van der Waals surface area contributed by atoms with Gasteiger partial charge >= 0.3 is 23.5 Å². The van der Waals surface area contributed by atoms with Gasteiger partial charge in [-0.2, -0.15) is 8.62 Å². The summed E-state index contributed by atoms with van der Waals surface area (Å²) in [4.78, 5) is 41.7. The molecule has 0 saturated carbocycles. The molecular weight excluding hydrogens is 540 g/mol. The SMILES string of the molecule is C[C@@]1(Cl)[C@H](O)[C@@H](COP(=O)(O)OP(=O)(O)OP(=O)(O)O)O[C@H]1n1cc(F)c2c(N)ncnc21. The Morgan fingerprint density at radius 3 is 2.48 bits per heavy atom. The lowest BCUT2D eigenvalue weighted by Gasteiger charge is -2.26. The molecule has 3 rings (SSSR count). The molecule has 7 N–H and O–H groups in total. The van der Waals surface area contributed by atoms with Crippen LogP contribution < -0.4 is 5.73 Å². The number of aliphatic hydroxyl groups is 1. The molecular formula is C12H17ClFN4O12P3. The average Bonchev–Trinajstić information content (AvgIpc) is 3.06. The number of alkyl halides is 1. The van der Waals surface area contributed by atoms with Crippen LogP contribution >= 0.6 is 35.1 Å². The molecule has 16 nitrogen and oxygen atoms in total. The van der Waals surface area contributed by atoms with Crippen LogP contribution in [0.5, 0.6) is 0 Å². The molecule has 6 atom stereocenters. The molecule has 2 unspecified atom stereocenters. The smallest absolute Gasteiger partial charge is 0.388 e. The number of nitrogen functional groups attached to an aromatic ring is 1. The molecule has 2 aromatic rings. The number of nitrogens with two attached hydrogens (primary N) is 1. The minimum atomic E-state index is -5.73. The van der Waals surface area contributed by atoms with Crippen molar-refractivity contribution in [1.29, 1.82) is 0 Å². The maximum Gasteiger partial charge on any atom is 0.490 e. The molecule has 3 heterocycles. The molecule has 0 amide bonds. The lowest BCUT2D eigenvalue weighted by molar-refractivity contribution is -0.0431. The number of nitrogens with zero attached hydrogens (tertiary/aromatic N) is 3. The second-order valence-electron chi connectivity index (χ2n) is 6.85. The molecule has 0 aliphatic carbocycles. The molecule has 1 saturated heterocycles. The summed E-state index contributed by atoms with van der Waals surface area (Å²) in [5.41, 5.74) is 5.62. The second kappa shape index (κ2) is 8.88. The number of aromatic nitrogens is 3. The van der Waals surface area contributed by atoms with Crippen molar-refractivity contribution in [2.24, 2.45) is 0 Å². The van der Waals surface area contributed by atoms with Crippen LogP contribution in [-0.2, 0) is 31.6 Å². The Morgan fingerprint density at radius 1 is 1.24 bits per heavy atom. The van der Waals surface area contributed by atoms with Crippen LogP contribution in [0.25, 0.3) is 11.0 Å². The average molecular weight is 557 g/mol. The van der Waals surface area contributed by atoms with Gasteiger partial charge in [0.05, 0.1) is 12.0 Å². The first-order chi connectivity index (χ1) is 14.9. The standard InChI is InChI=1S/C12H17ClFN4O12P3/c1-12(13)8(19)6(3-27-32(23,24)30-33(25,26)29-31(20,21)22)28-11(12)18-2-5(14)7-9(15)16-4-17-10(7)18/h2,4,6,8,11,19H,3H2,1H3,(H,23,24)(H,25,26)(H2,15,16,17)(H2,20,21,22)/t6-,8-,11-,12-/m1/s1. The Labute approximate surface area is 188 Å². The van der Waals surface area contributed by atoms with Gasteiger partial charge in [-0.1, -0.05) is 0 Å². The highest BCUT2D eigenvalue weighted by Crippen LogP contribution is 2.66. The van der Waals surface area contributed by atoms with Gasteiger partial charge in [0.25, 0.3) is 0 Å². The lowest BCUT2D eigenvalue weighted by Crippen LogP contribution is -2.39. The maximum atomic E-state index is 14.4. The van der Waals surface area contributed by atoms with E-state index in [0.717, 1.165) is 17.1 Å². The third-order valence-corrected chi connectivity index (χ3v) is 8.59. The Hall–Kier alpha value is -1.03. The van der Waals surface area contributed by atoms with Gasteiger partial charge in [0.2, 0.25) is 0 Å². The summed E-state index contributed by atoms with van der Waals surface area (Å²) in [6, 6.07) is 0. The predicted octanol–water partition coefficient (Wildman–Crippen LogP) is 0.752. The highest BCUT2D eigenvalue weighted by Gasteiger charge is 2.54. The molecule has 33 heavy (non-hydrogen) atoms. The van der Waals surface area contributed by atoms with E-state index in [-0.39, 0.29) is 16.9 Å². The summed E-state index contributed by atoms with van der Waals surface area (Å²) in [6.45, 7) is 0.339. The first-order valence-electron chi connectivity index (χ1n) is 8.51. The van der Waals surface area contributed by atoms with Crippen LogP contribution in [0.4, 0.5) is 10.2 Å². The number of phosphoric ester groups is 1. The summed E-state index contributed by atoms with van der Waals surface area (Å²) in [5.74, 6) is -0.986. The summed E-state index contributed by atoms with van der Waals surface area (Å²) in [7, 11) is -16.8. The quantitative estimate of drug-likeness (QED) is 0.194. The summed E-state index contributed by atoms with van der Waals surface area (Å²) < 4.78 is 66.7. The molecule has 1 aliphatic rings. The van der Waals surface area contributed by atoms with Crippen LogP contribution in [0.3, 0.4) is 0 Å². The number of hydrogen-bond acceptors (Lipinski definition) is 11. The third kappa shape index (κ3) is 5.80. The van der Waals surface area contributed by atoms with E-state index in [2.05, 4.69) is 23.1 Å². The van der Waals surface area contributed by atoms with Crippen LogP contribution in [0.2, 0.25) is 0 Å². The van der Waals surface area contributed by atoms with E-state index < -0.39 is 59.2 Å². The first-order valence-corrected chi connectivity index (χ1v) is 13.4. The molecule has 2 aromatic heterocycles. The van der Waals surface area contributed by atoms with Crippen molar-refractivity contribution in [2.45, 2.75) is 30.2 Å². The van der Waals surface area contributed by atoms with E-state index in [1.54, 1.807) is 0 Å². The normalized spacial score (nSPS) is 29.8. The van der Waals surface area contributed by atoms with Gasteiger partial charge in [0.15, 0.2) is 17.7 Å². The molecule has 0 radical (unpaired) electrons. The zero-order valence-corrected chi connectivity index (χ0v) is 19.6. The van der Waals surface area contributed by atoms with Crippen LogP contribution in [0, 0.1) is 5.82 Å². The number of ether oxygens (including phenoxy) is 1. The highest BCUT2D eigenvalue weighted by atomic mass is 35.5. The summed E-state index contributed by atoms with van der Waals surface area (Å²) in [6.07, 6.45) is -2.40. The summed E-state index contributed by atoms with van der Waals surface area (Å²) >= 11 is 6.39.